The van der Waals surface area contributed by atoms with Crippen LogP contribution in [0, 0.1) is 12.3 Å². The highest BCUT2D eigenvalue weighted by Crippen LogP contribution is 2.19. The van der Waals surface area contributed by atoms with Crippen molar-refractivity contribution in [2.75, 3.05) is 26.7 Å². The third kappa shape index (κ3) is 5.34. The zero-order valence-corrected chi connectivity index (χ0v) is 11.6. The van der Waals surface area contributed by atoms with Crippen molar-refractivity contribution < 1.29 is 4.74 Å². The first-order valence-corrected chi connectivity index (χ1v) is 6.85. The zero-order valence-electron chi connectivity index (χ0n) is 11.6. The van der Waals surface area contributed by atoms with E-state index in [1.54, 1.807) is 0 Å². The molecule has 0 unspecified atom stereocenters. The van der Waals surface area contributed by atoms with E-state index in [0.29, 0.717) is 13.2 Å². The lowest BCUT2D eigenvalue weighted by Crippen LogP contribution is -2.24. The molecule has 0 bridgehead atoms. The van der Waals surface area contributed by atoms with Gasteiger partial charge in [0.2, 0.25) is 0 Å². The zero-order chi connectivity index (χ0) is 13.5. The number of hydrogen-bond donors (Lipinski definition) is 1. The van der Waals surface area contributed by atoms with Gasteiger partial charge in [0.05, 0.1) is 6.54 Å². The summed E-state index contributed by atoms with van der Waals surface area (Å²) < 4.78 is 5.69. The summed E-state index contributed by atoms with van der Waals surface area (Å²) in [4.78, 5) is 2.06. The first-order chi connectivity index (χ1) is 9.28. The summed E-state index contributed by atoms with van der Waals surface area (Å²) in [5, 5.41) is 3.50. The topological polar surface area (TPSA) is 24.5 Å². The number of nitrogens with zero attached hydrogens (tertiary/aromatic N) is 1. The Morgan fingerprint density at radius 3 is 2.74 bits per heavy atom. The maximum Gasteiger partial charge on any atom is 0.119 e. The minimum absolute atomic E-state index is 0.662. The van der Waals surface area contributed by atoms with Crippen molar-refractivity contribution >= 4 is 0 Å². The van der Waals surface area contributed by atoms with Crippen LogP contribution in [-0.4, -0.2) is 37.7 Å². The summed E-state index contributed by atoms with van der Waals surface area (Å²) >= 11 is 0. The largest absolute Gasteiger partial charge is 0.492 e. The van der Waals surface area contributed by atoms with Crippen molar-refractivity contribution in [3.8, 4) is 18.1 Å². The van der Waals surface area contributed by atoms with Gasteiger partial charge in [-0.3, -0.25) is 4.90 Å². The molecular weight excluding hydrogens is 236 g/mol. The van der Waals surface area contributed by atoms with Crippen LogP contribution in [0.4, 0.5) is 0 Å². The molecule has 1 saturated carbocycles. The SMILES string of the molecule is C#CCN(C)CCOc1ccc(CNC2CC2)cc1. The predicted octanol–water partition coefficient (Wildman–Crippen LogP) is 1.88. The molecule has 0 aliphatic heterocycles. The Kier molecular flexibility index (Phi) is 5.26. The second-order valence-electron chi connectivity index (χ2n) is 5.09. The Hall–Kier alpha value is -1.50. The fourth-order valence-electron chi connectivity index (χ4n) is 1.81. The van der Waals surface area contributed by atoms with E-state index in [0.717, 1.165) is 24.9 Å². The van der Waals surface area contributed by atoms with E-state index in [2.05, 4.69) is 28.3 Å². The molecule has 1 aliphatic carbocycles. The number of benzene rings is 1. The van der Waals surface area contributed by atoms with Crippen LogP contribution >= 0.6 is 0 Å². The average molecular weight is 258 g/mol. The van der Waals surface area contributed by atoms with Crippen LogP contribution in [0.1, 0.15) is 18.4 Å². The minimum atomic E-state index is 0.662. The Morgan fingerprint density at radius 1 is 1.37 bits per heavy atom. The normalized spacial score (nSPS) is 14.4. The monoisotopic (exact) mass is 258 g/mol. The van der Waals surface area contributed by atoms with Crippen LogP contribution in [0.25, 0.3) is 0 Å². The van der Waals surface area contributed by atoms with Gasteiger partial charge >= 0.3 is 0 Å². The molecule has 0 saturated heterocycles. The van der Waals surface area contributed by atoms with Gasteiger partial charge in [0.15, 0.2) is 0 Å². The molecule has 2 rings (SSSR count). The van der Waals surface area contributed by atoms with Gasteiger partial charge in [-0.2, -0.15) is 0 Å². The number of nitrogens with one attached hydrogen (secondary N) is 1. The fourth-order valence-corrected chi connectivity index (χ4v) is 1.81. The van der Waals surface area contributed by atoms with E-state index in [4.69, 9.17) is 11.2 Å². The van der Waals surface area contributed by atoms with E-state index in [9.17, 15) is 0 Å². The quantitative estimate of drug-likeness (QED) is 0.721. The predicted molar refractivity (Wildman–Crippen MR) is 78.1 cm³/mol. The van der Waals surface area contributed by atoms with E-state index in [1.807, 2.05) is 19.2 Å². The van der Waals surface area contributed by atoms with Gasteiger partial charge in [-0.05, 0) is 37.6 Å². The lowest BCUT2D eigenvalue weighted by molar-refractivity contribution is 0.251. The molecule has 0 aromatic heterocycles. The van der Waals surface area contributed by atoms with Gasteiger partial charge in [0.25, 0.3) is 0 Å². The van der Waals surface area contributed by atoms with E-state index >= 15 is 0 Å². The molecule has 0 heterocycles. The molecule has 1 N–H and O–H groups in total. The van der Waals surface area contributed by atoms with Crippen molar-refractivity contribution in [3.63, 3.8) is 0 Å². The van der Waals surface area contributed by atoms with Crippen molar-refractivity contribution in [1.29, 1.82) is 0 Å². The summed E-state index contributed by atoms with van der Waals surface area (Å²) in [6.07, 6.45) is 7.90. The van der Waals surface area contributed by atoms with Crippen LogP contribution in [0.3, 0.4) is 0 Å². The molecule has 19 heavy (non-hydrogen) atoms. The third-order valence-corrected chi connectivity index (χ3v) is 3.20. The van der Waals surface area contributed by atoms with Gasteiger partial charge in [0, 0.05) is 19.1 Å². The number of ether oxygens (including phenoxy) is 1. The van der Waals surface area contributed by atoms with Gasteiger partial charge in [-0.25, -0.2) is 0 Å². The van der Waals surface area contributed by atoms with Crippen LogP contribution in [0.2, 0.25) is 0 Å². The molecule has 3 heteroatoms. The van der Waals surface area contributed by atoms with Gasteiger partial charge in [-0.15, -0.1) is 6.42 Å². The molecule has 102 valence electrons. The molecule has 0 atom stereocenters. The molecule has 0 spiro atoms. The first kappa shape index (κ1) is 13.9. The Labute approximate surface area is 115 Å². The number of hydrogen-bond acceptors (Lipinski definition) is 3. The van der Waals surface area contributed by atoms with Crippen LogP contribution < -0.4 is 10.1 Å². The Balaban J connectivity index is 1.67. The first-order valence-electron chi connectivity index (χ1n) is 6.85. The molecule has 0 radical (unpaired) electrons. The Morgan fingerprint density at radius 2 is 2.11 bits per heavy atom. The molecule has 1 aromatic rings. The maximum absolute atomic E-state index is 5.69. The molecule has 0 amide bonds. The van der Waals surface area contributed by atoms with Crippen molar-refractivity contribution in [2.24, 2.45) is 0 Å². The van der Waals surface area contributed by atoms with E-state index in [1.165, 1.54) is 18.4 Å². The van der Waals surface area contributed by atoms with Crippen molar-refractivity contribution in [2.45, 2.75) is 25.4 Å². The summed E-state index contributed by atoms with van der Waals surface area (Å²) in [5.41, 5.74) is 1.31. The summed E-state index contributed by atoms with van der Waals surface area (Å²) in [6, 6.07) is 9.06. The fraction of sp³-hybridized carbons (Fsp3) is 0.500. The third-order valence-electron chi connectivity index (χ3n) is 3.20. The molecule has 3 nitrogen and oxygen atoms in total. The van der Waals surface area contributed by atoms with Crippen LogP contribution in [0.15, 0.2) is 24.3 Å². The molecule has 1 aliphatic rings. The lowest BCUT2D eigenvalue weighted by atomic mass is 10.2. The number of terminal acetylenes is 1. The average Bonchev–Trinajstić information content (AvgIpc) is 3.22. The highest BCUT2D eigenvalue weighted by Gasteiger charge is 2.19. The van der Waals surface area contributed by atoms with E-state index < -0.39 is 0 Å². The van der Waals surface area contributed by atoms with Crippen LogP contribution in [-0.2, 0) is 6.54 Å². The van der Waals surface area contributed by atoms with Crippen LogP contribution in [0.5, 0.6) is 5.75 Å². The standard InChI is InChI=1S/C16H22N2O/c1-3-10-18(2)11-12-19-16-8-4-14(5-9-16)13-17-15-6-7-15/h1,4-5,8-9,15,17H,6-7,10-13H2,2H3. The number of likely N-dealkylation sites (N-methyl/N-ethyl adjacent to an activating group) is 1. The van der Waals surface area contributed by atoms with Crippen molar-refractivity contribution in [1.82, 2.24) is 10.2 Å². The van der Waals surface area contributed by atoms with Gasteiger partial charge in [0.1, 0.15) is 12.4 Å². The highest BCUT2D eigenvalue weighted by atomic mass is 16.5. The molecular formula is C16H22N2O. The molecule has 1 aromatic carbocycles. The van der Waals surface area contributed by atoms with E-state index in [-0.39, 0.29) is 0 Å². The second kappa shape index (κ2) is 7.18. The summed E-state index contributed by atoms with van der Waals surface area (Å²) in [6.45, 7) is 3.12. The van der Waals surface area contributed by atoms with Gasteiger partial charge in [-0.1, -0.05) is 18.1 Å². The van der Waals surface area contributed by atoms with Gasteiger partial charge < -0.3 is 10.1 Å². The summed E-state index contributed by atoms with van der Waals surface area (Å²) in [7, 11) is 2.00. The minimum Gasteiger partial charge on any atom is -0.492 e. The second-order valence-corrected chi connectivity index (χ2v) is 5.09. The smallest absolute Gasteiger partial charge is 0.119 e. The van der Waals surface area contributed by atoms with Crippen molar-refractivity contribution in [3.05, 3.63) is 29.8 Å². The Bertz CT molecular complexity index is 417. The number of rotatable bonds is 8. The highest BCUT2D eigenvalue weighted by molar-refractivity contribution is 5.27. The molecule has 1 fully saturated rings. The summed E-state index contributed by atoms with van der Waals surface area (Å²) in [5.74, 6) is 3.54. The maximum atomic E-state index is 5.69. The lowest BCUT2D eigenvalue weighted by Gasteiger charge is -2.14.